The Hall–Kier alpha value is -2.27. The van der Waals surface area contributed by atoms with Crippen molar-refractivity contribution in [3.63, 3.8) is 0 Å². The van der Waals surface area contributed by atoms with E-state index < -0.39 is 10.1 Å². The molecule has 1 N–H and O–H groups in total. The highest BCUT2D eigenvalue weighted by Gasteiger charge is 2.28. The smallest absolute Gasteiger partial charge is 0.265 e. The Morgan fingerprint density at radius 1 is 1.13 bits per heavy atom. The maximum absolute atomic E-state index is 11.2. The average molecular weight is 480 g/mol. The standard InChI is InChI=1S/C21H22N2O5S3/c1-22-16-11-14(27-2)5-7-18(16)29-20(22)13-21-23(9-4-10-31(24,25)26)17-12-15(28-3)6-8-19(17)30-21/h5-8,11-13H,4,9-10H2,1-3H3/p+1. The van der Waals surface area contributed by atoms with Crippen molar-refractivity contribution < 1.29 is 27.0 Å². The van der Waals surface area contributed by atoms with Crippen molar-refractivity contribution in [3.05, 3.63) is 46.4 Å². The van der Waals surface area contributed by atoms with Crippen LogP contribution < -0.4 is 18.9 Å². The minimum Gasteiger partial charge on any atom is -0.497 e. The van der Waals surface area contributed by atoms with E-state index in [2.05, 4.69) is 15.5 Å². The molecular formula is C21H23N2O5S3+. The van der Waals surface area contributed by atoms with Crippen LogP contribution in [0.15, 0.2) is 46.3 Å². The monoisotopic (exact) mass is 479 g/mol. The molecule has 0 unspecified atom stereocenters. The third kappa shape index (κ3) is 4.67. The van der Waals surface area contributed by atoms with Crippen LogP contribution in [0.5, 0.6) is 11.5 Å². The number of hydrogen-bond acceptors (Lipinski definition) is 7. The van der Waals surface area contributed by atoms with E-state index in [9.17, 15) is 8.42 Å². The van der Waals surface area contributed by atoms with E-state index in [4.69, 9.17) is 14.0 Å². The third-order valence-electron chi connectivity index (χ3n) is 5.04. The maximum Gasteiger partial charge on any atom is 0.265 e. The van der Waals surface area contributed by atoms with E-state index in [1.165, 1.54) is 0 Å². The molecule has 0 fully saturated rings. The van der Waals surface area contributed by atoms with Crippen LogP contribution in [-0.2, 0) is 17.2 Å². The summed E-state index contributed by atoms with van der Waals surface area (Å²) in [5, 5.41) is 2.05. The van der Waals surface area contributed by atoms with E-state index >= 15 is 0 Å². The second-order valence-corrected chi connectivity index (χ2v) is 10.7. The molecule has 2 heterocycles. The van der Waals surface area contributed by atoms with Gasteiger partial charge in [-0.05, 0) is 30.7 Å². The summed E-state index contributed by atoms with van der Waals surface area (Å²) in [4.78, 5) is 3.16. The van der Waals surface area contributed by atoms with E-state index in [0.717, 1.165) is 42.3 Å². The van der Waals surface area contributed by atoms with Gasteiger partial charge in [0.05, 0.1) is 42.8 Å². The predicted molar refractivity (Wildman–Crippen MR) is 125 cm³/mol. The summed E-state index contributed by atoms with van der Waals surface area (Å²) in [5.74, 6) is 1.26. The van der Waals surface area contributed by atoms with Crippen LogP contribution in [0.1, 0.15) is 11.4 Å². The highest BCUT2D eigenvalue weighted by Crippen LogP contribution is 2.48. The number of aromatic nitrogens is 1. The van der Waals surface area contributed by atoms with Gasteiger partial charge in [0.1, 0.15) is 23.2 Å². The fourth-order valence-corrected chi connectivity index (χ4v) is 6.20. The lowest BCUT2D eigenvalue weighted by molar-refractivity contribution is -0.642. The number of thiazole rings is 1. The summed E-state index contributed by atoms with van der Waals surface area (Å²) < 4.78 is 45.5. The molecule has 0 amide bonds. The van der Waals surface area contributed by atoms with Crippen LogP contribution >= 0.6 is 23.1 Å². The summed E-state index contributed by atoms with van der Waals surface area (Å²) in [6.45, 7) is 0.460. The molecule has 10 heteroatoms. The third-order valence-corrected chi connectivity index (χ3v) is 8.12. The van der Waals surface area contributed by atoms with Crippen molar-refractivity contribution in [2.45, 2.75) is 11.3 Å². The van der Waals surface area contributed by atoms with Crippen LogP contribution in [0.25, 0.3) is 16.3 Å². The molecule has 0 spiro atoms. The van der Waals surface area contributed by atoms with Crippen molar-refractivity contribution >= 4 is 55.2 Å². The molecule has 2 aromatic carbocycles. The summed E-state index contributed by atoms with van der Waals surface area (Å²) in [7, 11) is 1.29. The first kappa shape index (κ1) is 21.9. The van der Waals surface area contributed by atoms with Crippen LogP contribution in [0.2, 0.25) is 0 Å². The molecule has 164 valence electrons. The number of rotatable bonds is 7. The predicted octanol–water partition coefficient (Wildman–Crippen LogP) is 3.93. The molecule has 0 saturated carbocycles. The van der Waals surface area contributed by atoms with Crippen molar-refractivity contribution in [2.24, 2.45) is 7.05 Å². The van der Waals surface area contributed by atoms with Crippen LogP contribution in [-0.4, -0.2) is 39.5 Å². The highest BCUT2D eigenvalue weighted by atomic mass is 32.2. The van der Waals surface area contributed by atoms with Gasteiger partial charge in [-0.2, -0.15) is 13.0 Å². The summed E-state index contributed by atoms with van der Waals surface area (Å²) in [6.07, 6.45) is 2.42. The second kappa shape index (κ2) is 8.70. The first-order chi connectivity index (χ1) is 14.8. The average Bonchev–Trinajstić information content (AvgIpc) is 3.24. The quantitative estimate of drug-likeness (QED) is 0.406. The number of anilines is 1. The Bertz CT molecular complexity index is 1270. The van der Waals surface area contributed by atoms with Gasteiger partial charge in [0, 0.05) is 17.5 Å². The number of methoxy groups -OCH3 is 2. The fraction of sp³-hybridized carbons (Fsp3) is 0.286. The van der Waals surface area contributed by atoms with E-state index in [1.54, 1.807) is 37.3 Å². The maximum atomic E-state index is 11.2. The zero-order valence-corrected chi connectivity index (χ0v) is 19.8. The SMILES string of the molecule is COc1ccc2c(c1)N(CCCS(=O)(=O)O)C(=Cc1sc3ccc(OC)cc3[n+]1C)S2. The van der Waals surface area contributed by atoms with E-state index in [1.807, 2.05) is 43.4 Å². The van der Waals surface area contributed by atoms with E-state index in [0.29, 0.717) is 13.0 Å². The molecule has 7 nitrogen and oxygen atoms in total. The Kier molecular flexibility index (Phi) is 6.16. The normalized spacial score (nSPS) is 15.0. The van der Waals surface area contributed by atoms with Crippen molar-refractivity contribution in [1.29, 1.82) is 0 Å². The Morgan fingerprint density at radius 2 is 1.84 bits per heavy atom. The molecule has 0 atom stereocenters. The first-order valence-electron chi connectivity index (χ1n) is 9.56. The Balaban J connectivity index is 1.72. The van der Waals surface area contributed by atoms with Crippen LogP contribution in [0.3, 0.4) is 0 Å². The largest absolute Gasteiger partial charge is 0.497 e. The zero-order chi connectivity index (χ0) is 22.2. The van der Waals surface area contributed by atoms with Crippen molar-refractivity contribution in [2.75, 3.05) is 31.4 Å². The molecule has 0 bridgehead atoms. The topological polar surface area (TPSA) is 80.0 Å². The minimum absolute atomic E-state index is 0.281. The highest BCUT2D eigenvalue weighted by molar-refractivity contribution is 8.03. The molecule has 1 aliphatic rings. The number of nitrogens with zero attached hydrogens (tertiary/aromatic N) is 2. The molecule has 1 aromatic heterocycles. The molecule has 0 aliphatic carbocycles. The minimum atomic E-state index is -4.00. The molecule has 4 rings (SSSR count). The van der Waals surface area contributed by atoms with Crippen molar-refractivity contribution in [3.8, 4) is 11.5 Å². The van der Waals surface area contributed by atoms with E-state index in [-0.39, 0.29) is 5.75 Å². The Morgan fingerprint density at radius 3 is 2.55 bits per heavy atom. The molecule has 3 aromatic rings. The van der Waals surface area contributed by atoms with Gasteiger partial charge in [-0.1, -0.05) is 23.1 Å². The summed E-state index contributed by atoms with van der Waals surface area (Å²) in [5.41, 5.74) is 2.05. The van der Waals surface area contributed by atoms with Gasteiger partial charge >= 0.3 is 0 Å². The number of hydrogen-bond donors (Lipinski definition) is 1. The molecule has 0 saturated heterocycles. The van der Waals surface area contributed by atoms with Gasteiger partial charge in [-0.3, -0.25) is 4.55 Å². The van der Waals surface area contributed by atoms with Gasteiger partial charge in [-0.25, -0.2) is 0 Å². The van der Waals surface area contributed by atoms with Gasteiger partial charge in [0.15, 0.2) is 0 Å². The lowest BCUT2D eigenvalue weighted by atomic mass is 10.2. The zero-order valence-electron chi connectivity index (χ0n) is 17.4. The first-order valence-corrected chi connectivity index (χ1v) is 12.8. The van der Waals surface area contributed by atoms with Crippen LogP contribution in [0.4, 0.5) is 5.69 Å². The molecule has 0 radical (unpaired) electrons. The lowest BCUT2D eigenvalue weighted by Crippen LogP contribution is -2.29. The van der Waals surface area contributed by atoms with Crippen molar-refractivity contribution in [1.82, 2.24) is 0 Å². The fourth-order valence-electron chi connectivity index (χ4n) is 3.46. The van der Waals surface area contributed by atoms with Gasteiger partial charge in [0.25, 0.3) is 15.1 Å². The molecule has 31 heavy (non-hydrogen) atoms. The number of thioether (sulfide) groups is 1. The molecular weight excluding hydrogens is 456 g/mol. The summed E-state index contributed by atoms with van der Waals surface area (Å²) in [6, 6.07) is 11.9. The number of fused-ring (bicyclic) bond motifs is 2. The molecule has 1 aliphatic heterocycles. The number of ether oxygens (including phenoxy) is 2. The number of benzene rings is 2. The van der Waals surface area contributed by atoms with Gasteiger partial charge < -0.3 is 14.4 Å². The second-order valence-electron chi connectivity index (χ2n) is 7.04. The number of aryl methyl sites for hydroxylation is 1. The van der Waals surface area contributed by atoms with Gasteiger partial charge in [-0.15, -0.1) is 0 Å². The van der Waals surface area contributed by atoms with Crippen LogP contribution in [0, 0.1) is 0 Å². The summed E-state index contributed by atoms with van der Waals surface area (Å²) >= 11 is 3.31. The van der Waals surface area contributed by atoms with Gasteiger partial charge in [0.2, 0.25) is 5.52 Å². The Labute approximate surface area is 189 Å². The lowest BCUT2D eigenvalue weighted by Gasteiger charge is -2.20.